The van der Waals surface area contributed by atoms with Gasteiger partial charge in [0.2, 0.25) is 5.96 Å². The van der Waals surface area contributed by atoms with Crippen LogP contribution in [0.2, 0.25) is 0 Å². The number of carbonyl (C=O) groups excluding carboxylic acids is 1. The van der Waals surface area contributed by atoms with Crippen LogP contribution >= 0.6 is 0 Å². The van der Waals surface area contributed by atoms with Gasteiger partial charge in [0.1, 0.15) is 11.7 Å². The number of fused-ring (bicyclic) bond motifs is 1. The standard InChI is InChI=1S/C22H20N4O2/c1-28-14-20(16-5-3-2-4-6-16)25-22-24-19(21(27)26-22)12-15-7-8-18-13-23-10-9-17(18)11-15/h2-13,20H,14H2,1H3,(H2,24,25,26,27)/b19-12-/t20-/m0/s1. The molecule has 6 heteroatoms. The molecule has 1 fully saturated rings. The summed E-state index contributed by atoms with van der Waals surface area (Å²) < 4.78 is 5.29. The van der Waals surface area contributed by atoms with E-state index in [0.717, 1.165) is 21.9 Å². The highest BCUT2D eigenvalue weighted by atomic mass is 16.5. The first-order chi connectivity index (χ1) is 13.7. The molecular formula is C22H20N4O2. The minimum atomic E-state index is -0.210. The average molecular weight is 372 g/mol. The van der Waals surface area contributed by atoms with E-state index >= 15 is 0 Å². The smallest absolute Gasteiger partial charge is 0.274 e. The van der Waals surface area contributed by atoms with Gasteiger partial charge < -0.3 is 10.1 Å². The Hall–Kier alpha value is -3.51. The van der Waals surface area contributed by atoms with E-state index in [-0.39, 0.29) is 11.9 Å². The fraction of sp³-hybridized carbons (Fsp3) is 0.136. The molecule has 2 N–H and O–H groups in total. The molecule has 1 aliphatic rings. The molecule has 1 aromatic heterocycles. The number of rotatable bonds is 5. The maximum Gasteiger partial charge on any atom is 0.274 e. The Kier molecular flexibility index (Phi) is 5.12. The number of hydrogen-bond acceptors (Lipinski definition) is 4. The van der Waals surface area contributed by atoms with Crippen LogP contribution in [-0.4, -0.2) is 30.6 Å². The zero-order chi connectivity index (χ0) is 19.3. The molecular weight excluding hydrogens is 352 g/mol. The minimum Gasteiger partial charge on any atom is -0.382 e. The van der Waals surface area contributed by atoms with Gasteiger partial charge in [-0.25, -0.2) is 4.99 Å². The molecule has 6 nitrogen and oxygen atoms in total. The van der Waals surface area contributed by atoms with Crippen molar-refractivity contribution in [2.75, 3.05) is 13.7 Å². The van der Waals surface area contributed by atoms with Gasteiger partial charge in [-0.05, 0) is 34.7 Å². The van der Waals surface area contributed by atoms with Crippen LogP contribution in [0.1, 0.15) is 17.2 Å². The van der Waals surface area contributed by atoms with Crippen molar-refractivity contribution in [1.82, 2.24) is 15.6 Å². The van der Waals surface area contributed by atoms with Crippen LogP contribution in [0, 0.1) is 0 Å². The quantitative estimate of drug-likeness (QED) is 0.675. The van der Waals surface area contributed by atoms with Crippen LogP contribution < -0.4 is 10.6 Å². The second kappa shape index (κ2) is 8.02. The predicted molar refractivity (Wildman–Crippen MR) is 109 cm³/mol. The van der Waals surface area contributed by atoms with Crippen LogP contribution in [-0.2, 0) is 9.53 Å². The molecule has 4 rings (SSSR count). The monoisotopic (exact) mass is 372 g/mol. The summed E-state index contributed by atoms with van der Waals surface area (Å²) in [6.45, 7) is 0.419. The molecule has 3 aromatic rings. The van der Waals surface area contributed by atoms with Gasteiger partial charge in [0.15, 0.2) is 0 Å². The van der Waals surface area contributed by atoms with Crippen molar-refractivity contribution in [3.05, 3.63) is 83.8 Å². The zero-order valence-electron chi connectivity index (χ0n) is 15.4. The Morgan fingerprint density at radius 1 is 1.11 bits per heavy atom. The lowest BCUT2D eigenvalue weighted by Gasteiger charge is -2.12. The Labute approximate surface area is 163 Å². The van der Waals surface area contributed by atoms with E-state index in [1.54, 1.807) is 13.3 Å². The molecule has 1 amide bonds. The number of hydrogen-bond donors (Lipinski definition) is 2. The van der Waals surface area contributed by atoms with E-state index in [1.165, 1.54) is 0 Å². The van der Waals surface area contributed by atoms with E-state index in [2.05, 4.69) is 20.6 Å². The van der Waals surface area contributed by atoms with Crippen LogP contribution in [0.4, 0.5) is 0 Å². The molecule has 1 aliphatic heterocycles. The highest BCUT2D eigenvalue weighted by Crippen LogP contribution is 2.19. The van der Waals surface area contributed by atoms with Gasteiger partial charge in [0, 0.05) is 24.9 Å². The number of guanidine groups is 1. The number of aromatic nitrogens is 1. The van der Waals surface area contributed by atoms with Crippen molar-refractivity contribution in [3.63, 3.8) is 0 Å². The molecule has 1 atom stereocenters. The van der Waals surface area contributed by atoms with Gasteiger partial charge in [0.05, 0.1) is 6.61 Å². The number of carbonyl (C=O) groups is 1. The first kappa shape index (κ1) is 17.9. The van der Waals surface area contributed by atoms with Crippen molar-refractivity contribution >= 4 is 28.7 Å². The van der Waals surface area contributed by atoms with Crippen molar-refractivity contribution in [1.29, 1.82) is 0 Å². The number of pyridine rings is 1. The van der Waals surface area contributed by atoms with Gasteiger partial charge in [-0.2, -0.15) is 0 Å². The summed E-state index contributed by atoms with van der Waals surface area (Å²) in [5.74, 6) is 0.213. The molecule has 0 unspecified atom stereocenters. The molecule has 2 aromatic carbocycles. The topological polar surface area (TPSA) is 75.6 Å². The predicted octanol–water partition coefficient (Wildman–Crippen LogP) is 3.04. The summed E-state index contributed by atoms with van der Waals surface area (Å²) in [6, 6.07) is 17.6. The van der Waals surface area contributed by atoms with Gasteiger partial charge in [0.25, 0.3) is 5.91 Å². The summed E-state index contributed by atoms with van der Waals surface area (Å²) in [5, 5.41) is 7.99. The second-order valence-corrected chi connectivity index (χ2v) is 6.48. The number of methoxy groups -OCH3 is 1. The Morgan fingerprint density at radius 2 is 1.96 bits per heavy atom. The lowest BCUT2D eigenvalue weighted by atomic mass is 10.1. The van der Waals surface area contributed by atoms with Crippen LogP contribution in [0.5, 0.6) is 0 Å². The molecule has 1 saturated heterocycles. The SMILES string of the molecule is COC[C@H](N=C1NC(=O)/C(=C/c2ccc3cnccc3c2)N1)c1ccccc1. The third-order valence-corrected chi connectivity index (χ3v) is 4.50. The molecule has 0 bridgehead atoms. The number of nitrogens with zero attached hydrogens (tertiary/aromatic N) is 2. The van der Waals surface area contributed by atoms with Crippen molar-refractivity contribution in [2.24, 2.45) is 4.99 Å². The number of aliphatic imine (C=N–C) groups is 1. The first-order valence-electron chi connectivity index (χ1n) is 8.98. The van der Waals surface area contributed by atoms with Gasteiger partial charge in [-0.15, -0.1) is 0 Å². The fourth-order valence-corrected chi connectivity index (χ4v) is 3.11. The largest absolute Gasteiger partial charge is 0.382 e. The molecule has 0 aliphatic carbocycles. The molecule has 0 radical (unpaired) electrons. The molecule has 140 valence electrons. The molecule has 0 spiro atoms. The van der Waals surface area contributed by atoms with Gasteiger partial charge in [-0.3, -0.25) is 15.1 Å². The summed E-state index contributed by atoms with van der Waals surface area (Å²) >= 11 is 0. The van der Waals surface area contributed by atoms with Crippen molar-refractivity contribution < 1.29 is 9.53 Å². The molecule has 0 saturated carbocycles. The average Bonchev–Trinajstić information content (AvgIpc) is 3.07. The number of benzene rings is 2. The zero-order valence-corrected chi connectivity index (χ0v) is 15.4. The van der Waals surface area contributed by atoms with E-state index in [4.69, 9.17) is 4.74 Å². The highest BCUT2D eigenvalue weighted by Gasteiger charge is 2.23. The highest BCUT2D eigenvalue weighted by molar-refractivity contribution is 6.15. The summed E-state index contributed by atoms with van der Waals surface area (Å²) in [7, 11) is 1.64. The van der Waals surface area contributed by atoms with Gasteiger partial charge >= 0.3 is 0 Å². The van der Waals surface area contributed by atoms with E-state index in [9.17, 15) is 4.79 Å². The van der Waals surface area contributed by atoms with E-state index in [1.807, 2.05) is 66.9 Å². The third-order valence-electron chi connectivity index (χ3n) is 4.50. The maximum absolute atomic E-state index is 12.4. The van der Waals surface area contributed by atoms with Crippen LogP contribution in [0.3, 0.4) is 0 Å². The van der Waals surface area contributed by atoms with Crippen LogP contribution in [0.15, 0.2) is 77.7 Å². The van der Waals surface area contributed by atoms with E-state index < -0.39 is 0 Å². The number of ether oxygens (including phenoxy) is 1. The summed E-state index contributed by atoms with van der Waals surface area (Å²) in [4.78, 5) is 21.1. The minimum absolute atomic E-state index is 0.207. The Balaban J connectivity index is 1.58. The first-order valence-corrected chi connectivity index (χ1v) is 8.98. The second-order valence-electron chi connectivity index (χ2n) is 6.48. The van der Waals surface area contributed by atoms with Crippen molar-refractivity contribution in [2.45, 2.75) is 6.04 Å². The number of nitrogens with one attached hydrogen (secondary N) is 2. The Morgan fingerprint density at radius 3 is 2.79 bits per heavy atom. The maximum atomic E-state index is 12.4. The molecule has 28 heavy (non-hydrogen) atoms. The summed E-state index contributed by atoms with van der Waals surface area (Å²) in [6.07, 6.45) is 5.38. The summed E-state index contributed by atoms with van der Waals surface area (Å²) in [5.41, 5.74) is 2.40. The number of amides is 1. The van der Waals surface area contributed by atoms with Gasteiger partial charge in [-0.1, -0.05) is 42.5 Å². The third kappa shape index (κ3) is 3.92. The van der Waals surface area contributed by atoms with Crippen LogP contribution in [0.25, 0.3) is 16.8 Å². The lowest BCUT2D eigenvalue weighted by molar-refractivity contribution is -0.115. The Bertz CT molecular complexity index is 1060. The van der Waals surface area contributed by atoms with E-state index in [0.29, 0.717) is 18.3 Å². The normalized spacial score (nSPS) is 17.7. The lowest BCUT2D eigenvalue weighted by Crippen LogP contribution is -2.26. The van der Waals surface area contributed by atoms with Crippen molar-refractivity contribution in [3.8, 4) is 0 Å². The molecule has 2 heterocycles. The fourth-order valence-electron chi connectivity index (χ4n) is 3.11.